The molecule has 8 nitrogen and oxygen atoms in total. The molecule has 9 heteroatoms. The van der Waals surface area contributed by atoms with Crippen molar-refractivity contribution < 1.29 is 4.79 Å². The van der Waals surface area contributed by atoms with E-state index in [2.05, 4.69) is 25.8 Å². The monoisotopic (exact) mass is 356 g/mol. The van der Waals surface area contributed by atoms with Crippen LogP contribution in [0.1, 0.15) is 10.4 Å². The van der Waals surface area contributed by atoms with Crippen molar-refractivity contribution in [3.63, 3.8) is 0 Å². The number of aromatic amines is 1. The van der Waals surface area contributed by atoms with E-state index in [0.717, 1.165) is 5.56 Å². The molecule has 2 heterocycles. The number of aryl methyl sites for hydroxylation is 1. The average molecular weight is 356 g/mol. The van der Waals surface area contributed by atoms with Gasteiger partial charge in [-0.25, -0.2) is 4.68 Å². The molecule has 0 aliphatic carbocycles. The summed E-state index contributed by atoms with van der Waals surface area (Å²) in [5, 5.41) is 14.5. The molecule has 0 spiro atoms. The average Bonchev–Trinajstić information content (AvgIpc) is 3.04. The summed E-state index contributed by atoms with van der Waals surface area (Å²) in [7, 11) is 1.74. The first kappa shape index (κ1) is 16.9. The number of hydrogen-bond donors (Lipinski definition) is 2. The van der Waals surface area contributed by atoms with Gasteiger partial charge in [-0.2, -0.15) is 0 Å². The Labute approximate surface area is 147 Å². The molecule has 0 saturated heterocycles. The quantitative estimate of drug-likeness (QED) is 0.506. The van der Waals surface area contributed by atoms with Gasteiger partial charge in [-0.3, -0.25) is 9.59 Å². The summed E-state index contributed by atoms with van der Waals surface area (Å²) in [4.78, 5) is 27.1. The predicted octanol–water partition coefficient (Wildman–Crippen LogP) is 1.09. The maximum absolute atomic E-state index is 12.2. The summed E-state index contributed by atoms with van der Waals surface area (Å²) in [5.74, 6) is 0.192. The molecule has 25 heavy (non-hydrogen) atoms. The molecule has 2 aromatic heterocycles. The Morgan fingerprint density at radius 3 is 2.72 bits per heavy atom. The molecule has 0 fully saturated rings. The van der Waals surface area contributed by atoms with Gasteiger partial charge < -0.3 is 10.3 Å². The molecule has 3 rings (SSSR count). The van der Waals surface area contributed by atoms with Gasteiger partial charge in [0.25, 0.3) is 11.5 Å². The van der Waals surface area contributed by atoms with Gasteiger partial charge in [-0.15, -0.1) is 5.10 Å². The summed E-state index contributed by atoms with van der Waals surface area (Å²) >= 11 is 1.42. The van der Waals surface area contributed by atoms with Crippen molar-refractivity contribution in [3.05, 3.63) is 58.4 Å². The number of nitrogens with zero attached hydrogens (tertiary/aromatic N) is 4. The van der Waals surface area contributed by atoms with Gasteiger partial charge >= 0.3 is 0 Å². The molecule has 0 radical (unpaired) electrons. The zero-order valence-corrected chi connectivity index (χ0v) is 14.3. The summed E-state index contributed by atoms with van der Waals surface area (Å²) in [6.07, 6.45) is 0. The highest BCUT2D eigenvalue weighted by Gasteiger charge is 2.11. The van der Waals surface area contributed by atoms with E-state index in [9.17, 15) is 9.59 Å². The van der Waals surface area contributed by atoms with Crippen molar-refractivity contribution in [1.29, 1.82) is 0 Å². The van der Waals surface area contributed by atoms with Crippen molar-refractivity contribution in [2.45, 2.75) is 5.16 Å². The minimum Gasteiger partial charge on any atom is -0.351 e. The van der Waals surface area contributed by atoms with Gasteiger partial charge in [0.05, 0.1) is 0 Å². The number of rotatable bonds is 6. The van der Waals surface area contributed by atoms with Gasteiger partial charge in [0.2, 0.25) is 5.16 Å². The highest BCUT2D eigenvalue weighted by molar-refractivity contribution is 7.99. The third kappa shape index (κ3) is 4.13. The summed E-state index contributed by atoms with van der Waals surface area (Å²) in [6.45, 7) is 0.399. The largest absolute Gasteiger partial charge is 0.351 e. The van der Waals surface area contributed by atoms with Crippen molar-refractivity contribution in [2.24, 2.45) is 7.05 Å². The first-order valence-electron chi connectivity index (χ1n) is 7.57. The molecule has 2 N–H and O–H groups in total. The second-order valence-corrected chi connectivity index (χ2v) is 6.23. The number of carbonyl (C=O) groups excluding carboxylic acids is 1. The van der Waals surface area contributed by atoms with Crippen LogP contribution in [0, 0.1) is 0 Å². The third-order valence-corrected chi connectivity index (χ3v) is 4.45. The highest BCUT2D eigenvalue weighted by atomic mass is 32.2. The summed E-state index contributed by atoms with van der Waals surface area (Å²) in [6, 6.07) is 12.7. The topological polar surface area (TPSA) is 106 Å². The fraction of sp³-hybridized carbons (Fsp3) is 0.188. The van der Waals surface area contributed by atoms with Crippen LogP contribution in [-0.4, -0.2) is 43.4 Å². The number of hydrogen-bond acceptors (Lipinski definition) is 6. The molecule has 0 aliphatic heterocycles. The van der Waals surface area contributed by atoms with Gasteiger partial charge in [0, 0.05) is 25.0 Å². The molecule has 0 atom stereocenters. The fourth-order valence-electron chi connectivity index (χ4n) is 2.18. The summed E-state index contributed by atoms with van der Waals surface area (Å²) in [5.41, 5.74) is 1.24. The minimum atomic E-state index is -0.413. The number of benzene rings is 1. The molecule has 3 aromatic rings. The Balaban J connectivity index is 1.59. The lowest BCUT2D eigenvalue weighted by Crippen LogP contribution is -2.31. The van der Waals surface area contributed by atoms with E-state index in [1.54, 1.807) is 17.8 Å². The first-order valence-corrected chi connectivity index (χ1v) is 8.56. The van der Waals surface area contributed by atoms with Crippen LogP contribution in [0.25, 0.3) is 11.3 Å². The Bertz CT molecular complexity index is 922. The lowest BCUT2D eigenvalue weighted by atomic mass is 10.1. The van der Waals surface area contributed by atoms with Gasteiger partial charge in [0.15, 0.2) is 0 Å². The molecule has 0 saturated carbocycles. The van der Waals surface area contributed by atoms with Crippen LogP contribution >= 0.6 is 11.8 Å². The van der Waals surface area contributed by atoms with E-state index in [4.69, 9.17) is 0 Å². The molecular formula is C16H16N6O2S. The smallest absolute Gasteiger partial charge is 0.261 e. The molecule has 0 aliphatic rings. The first-order chi connectivity index (χ1) is 12.1. The van der Waals surface area contributed by atoms with Gasteiger partial charge in [0.1, 0.15) is 5.56 Å². The van der Waals surface area contributed by atoms with E-state index in [-0.39, 0.29) is 5.56 Å². The Kier molecular flexibility index (Phi) is 5.24. The second kappa shape index (κ2) is 7.75. The number of thioether (sulfide) groups is 1. The highest BCUT2D eigenvalue weighted by Crippen LogP contribution is 2.14. The van der Waals surface area contributed by atoms with Crippen molar-refractivity contribution in [3.8, 4) is 11.3 Å². The number of H-pyrrole nitrogens is 1. The minimum absolute atomic E-state index is 0.0880. The van der Waals surface area contributed by atoms with E-state index in [0.29, 0.717) is 23.1 Å². The maximum atomic E-state index is 12.2. The zero-order chi connectivity index (χ0) is 17.6. The number of nitrogens with one attached hydrogen (secondary N) is 2. The number of amides is 1. The molecule has 0 unspecified atom stereocenters. The van der Waals surface area contributed by atoms with Crippen LogP contribution in [0.4, 0.5) is 0 Å². The van der Waals surface area contributed by atoms with Crippen LogP contribution in [0.15, 0.2) is 52.4 Å². The van der Waals surface area contributed by atoms with Crippen LogP contribution < -0.4 is 10.9 Å². The Morgan fingerprint density at radius 2 is 2.04 bits per heavy atom. The number of tetrazole rings is 1. The van der Waals surface area contributed by atoms with E-state index in [1.807, 2.05) is 30.3 Å². The lowest BCUT2D eigenvalue weighted by Gasteiger charge is -2.06. The van der Waals surface area contributed by atoms with Crippen molar-refractivity contribution in [2.75, 3.05) is 12.3 Å². The van der Waals surface area contributed by atoms with Crippen LogP contribution in [0.5, 0.6) is 0 Å². The van der Waals surface area contributed by atoms with E-state index in [1.165, 1.54) is 17.8 Å². The summed E-state index contributed by atoms with van der Waals surface area (Å²) < 4.78 is 1.56. The molecular weight excluding hydrogens is 340 g/mol. The normalized spacial score (nSPS) is 10.6. The predicted molar refractivity (Wildman–Crippen MR) is 94.4 cm³/mol. The van der Waals surface area contributed by atoms with Crippen LogP contribution in [0.3, 0.4) is 0 Å². The molecule has 1 amide bonds. The second-order valence-electron chi connectivity index (χ2n) is 5.17. The maximum Gasteiger partial charge on any atom is 0.261 e. The molecule has 128 valence electrons. The van der Waals surface area contributed by atoms with Gasteiger partial charge in [-0.1, -0.05) is 42.1 Å². The third-order valence-electron chi connectivity index (χ3n) is 3.44. The van der Waals surface area contributed by atoms with Gasteiger partial charge in [-0.05, 0) is 28.1 Å². The molecule has 0 bridgehead atoms. The zero-order valence-electron chi connectivity index (χ0n) is 13.5. The Hall–Kier alpha value is -2.94. The van der Waals surface area contributed by atoms with Crippen LogP contribution in [-0.2, 0) is 7.05 Å². The van der Waals surface area contributed by atoms with Crippen molar-refractivity contribution in [1.82, 2.24) is 30.5 Å². The SMILES string of the molecule is Cn1nnnc1SCCNC(=O)c1ccc(-c2ccccc2)[nH]c1=O. The lowest BCUT2D eigenvalue weighted by molar-refractivity contribution is 0.0954. The Morgan fingerprint density at radius 1 is 1.24 bits per heavy atom. The molecule has 1 aromatic carbocycles. The fourth-order valence-corrected chi connectivity index (χ4v) is 2.89. The van der Waals surface area contributed by atoms with Crippen molar-refractivity contribution >= 4 is 17.7 Å². The van der Waals surface area contributed by atoms with E-state index < -0.39 is 11.5 Å². The number of carbonyl (C=O) groups is 1. The number of pyridine rings is 1. The van der Waals surface area contributed by atoms with E-state index >= 15 is 0 Å². The van der Waals surface area contributed by atoms with Crippen LogP contribution in [0.2, 0.25) is 0 Å². The standard InChI is InChI=1S/C16H16N6O2S/c1-22-16(19-20-21-22)25-10-9-17-14(23)12-7-8-13(18-15(12)24)11-5-3-2-4-6-11/h2-8H,9-10H2,1H3,(H,17,23)(H,18,24). The number of aromatic nitrogens is 5.